The first kappa shape index (κ1) is 18.5. The second kappa shape index (κ2) is 8.87. The summed E-state index contributed by atoms with van der Waals surface area (Å²) >= 11 is 0. The molecule has 0 aliphatic heterocycles. The molecule has 0 aliphatic rings. The molecular weight excluding hydrogens is 314 g/mol. The average Bonchev–Trinajstić information content (AvgIpc) is 2.61. The minimum atomic E-state index is -0.303. The summed E-state index contributed by atoms with van der Waals surface area (Å²) < 4.78 is 0. The zero-order valence-corrected chi connectivity index (χ0v) is 15.0. The van der Waals surface area contributed by atoms with Gasteiger partial charge >= 0.3 is 6.03 Å². The molecule has 2 aromatic rings. The van der Waals surface area contributed by atoms with Crippen LogP contribution in [0.5, 0.6) is 0 Å². The van der Waals surface area contributed by atoms with Crippen LogP contribution in [0.1, 0.15) is 31.9 Å². The number of urea groups is 1. The van der Waals surface area contributed by atoms with Crippen molar-refractivity contribution >= 4 is 23.3 Å². The largest absolute Gasteiger partial charge is 0.339 e. The van der Waals surface area contributed by atoms with Crippen molar-refractivity contribution in [3.8, 4) is 0 Å². The van der Waals surface area contributed by atoms with Gasteiger partial charge in [0.15, 0.2) is 0 Å². The number of carbonyl (C=O) groups excluding carboxylic acids is 2. The van der Waals surface area contributed by atoms with Crippen LogP contribution >= 0.6 is 0 Å². The molecule has 5 heteroatoms. The monoisotopic (exact) mass is 339 g/mol. The molecule has 132 valence electrons. The summed E-state index contributed by atoms with van der Waals surface area (Å²) in [6, 6.07) is 15.0. The van der Waals surface area contributed by atoms with Gasteiger partial charge in [-0.05, 0) is 42.7 Å². The number of nitrogens with one attached hydrogen (secondary N) is 2. The Hall–Kier alpha value is -2.82. The van der Waals surface area contributed by atoms with E-state index in [-0.39, 0.29) is 11.9 Å². The van der Waals surface area contributed by atoms with Crippen LogP contribution in [0.25, 0.3) is 0 Å². The maximum atomic E-state index is 12.3. The summed E-state index contributed by atoms with van der Waals surface area (Å²) in [5.74, 6) is 0.0118. The molecule has 0 fully saturated rings. The zero-order valence-electron chi connectivity index (χ0n) is 15.0. The molecule has 0 saturated carbocycles. The Bertz CT molecular complexity index is 726. The van der Waals surface area contributed by atoms with E-state index in [0.717, 1.165) is 17.7 Å². The summed E-state index contributed by atoms with van der Waals surface area (Å²) in [7, 11) is 0. The van der Waals surface area contributed by atoms with Crippen LogP contribution in [0.3, 0.4) is 0 Å². The van der Waals surface area contributed by atoms with Crippen molar-refractivity contribution in [1.82, 2.24) is 4.90 Å². The second-order valence-corrected chi connectivity index (χ2v) is 5.82. The van der Waals surface area contributed by atoms with E-state index >= 15 is 0 Å². The van der Waals surface area contributed by atoms with E-state index < -0.39 is 0 Å². The molecule has 0 spiro atoms. The van der Waals surface area contributed by atoms with Crippen LogP contribution in [-0.2, 0) is 17.8 Å². The fourth-order valence-electron chi connectivity index (χ4n) is 2.54. The van der Waals surface area contributed by atoms with Gasteiger partial charge in [0.25, 0.3) is 0 Å². The van der Waals surface area contributed by atoms with Gasteiger partial charge in [-0.1, -0.05) is 37.3 Å². The Morgan fingerprint density at radius 1 is 0.960 bits per heavy atom. The highest BCUT2D eigenvalue weighted by Crippen LogP contribution is 2.18. The Balaban J connectivity index is 2.06. The summed E-state index contributed by atoms with van der Waals surface area (Å²) in [6.07, 6.45) is 0.962. The van der Waals surface area contributed by atoms with Crippen LogP contribution in [0.4, 0.5) is 16.2 Å². The maximum absolute atomic E-state index is 12.3. The molecular formula is C20H25N3O2. The van der Waals surface area contributed by atoms with Crippen molar-refractivity contribution in [3.63, 3.8) is 0 Å². The lowest BCUT2D eigenvalue weighted by Crippen LogP contribution is -2.28. The Morgan fingerprint density at radius 2 is 1.64 bits per heavy atom. The van der Waals surface area contributed by atoms with Crippen molar-refractivity contribution in [2.75, 3.05) is 17.2 Å². The van der Waals surface area contributed by atoms with Gasteiger partial charge in [-0.2, -0.15) is 0 Å². The number of hydrogen-bond acceptors (Lipinski definition) is 2. The Morgan fingerprint density at radius 3 is 2.24 bits per heavy atom. The molecule has 0 radical (unpaired) electrons. The second-order valence-electron chi connectivity index (χ2n) is 5.82. The van der Waals surface area contributed by atoms with E-state index in [1.165, 1.54) is 5.56 Å². The number of para-hydroxylation sites is 1. The third-order valence-electron chi connectivity index (χ3n) is 4.07. The highest BCUT2D eigenvalue weighted by Gasteiger charge is 2.11. The number of aryl methyl sites for hydroxylation is 1. The zero-order chi connectivity index (χ0) is 18.2. The van der Waals surface area contributed by atoms with Crippen molar-refractivity contribution in [2.24, 2.45) is 0 Å². The first-order chi connectivity index (χ1) is 12.0. The van der Waals surface area contributed by atoms with Crippen molar-refractivity contribution in [3.05, 3.63) is 59.7 Å². The molecule has 2 N–H and O–H groups in total. The summed E-state index contributed by atoms with van der Waals surface area (Å²) in [6.45, 7) is 6.66. The number of hydrogen-bond donors (Lipinski definition) is 2. The lowest BCUT2D eigenvalue weighted by molar-refractivity contribution is -0.129. The van der Waals surface area contributed by atoms with Gasteiger partial charge in [-0.3, -0.25) is 4.79 Å². The topological polar surface area (TPSA) is 61.4 Å². The summed E-state index contributed by atoms with van der Waals surface area (Å²) in [5, 5.41) is 5.70. The number of anilines is 2. The molecule has 2 aromatic carbocycles. The highest BCUT2D eigenvalue weighted by atomic mass is 16.2. The fourth-order valence-corrected chi connectivity index (χ4v) is 2.54. The smallest absolute Gasteiger partial charge is 0.323 e. The van der Waals surface area contributed by atoms with Gasteiger partial charge in [0.2, 0.25) is 5.91 Å². The number of rotatable bonds is 6. The molecule has 0 unspecified atom stereocenters. The third kappa shape index (κ3) is 5.35. The molecule has 25 heavy (non-hydrogen) atoms. The van der Waals surface area contributed by atoms with Crippen molar-refractivity contribution in [1.29, 1.82) is 0 Å². The third-order valence-corrected chi connectivity index (χ3v) is 4.07. The van der Waals surface area contributed by atoms with Crippen LogP contribution in [0.15, 0.2) is 48.5 Å². The van der Waals surface area contributed by atoms with E-state index in [1.54, 1.807) is 11.8 Å². The standard InChI is InChI=1S/C20H25N3O2/c1-4-16-10-12-18(13-11-16)21-20(25)22-19-9-7-6-8-17(19)14-23(5-2)15(3)24/h6-13H,4-5,14H2,1-3H3,(H2,21,22,25). The Kier molecular flexibility index (Phi) is 6.57. The Labute approximate surface area is 149 Å². The number of amides is 3. The van der Waals surface area contributed by atoms with E-state index in [9.17, 15) is 9.59 Å². The molecule has 0 aromatic heterocycles. The molecule has 5 nitrogen and oxygen atoms in total. The molecule has 0 bridgehead atoms. The minimum absolute atomic E-state index is 0.0118. The molecule has 3 amide bonds. The lowest BCUT2D eigenvalue weighted by Gasteiger charge is -2.21. The molecule has 0 aliphatic carbocycles. The maximum Gasteiger partial charge on any atom is 0.323 e. The van der Waals surface area contributed by atoms with Crippen molar-refractivity contribution < 1.29 is 9.59 Å². The minimum Gasteiger partial charge on any atom is -0.339 e. The van der Waals surface area contributed by atoms with Crippen LogP contribution < -0.4 is 10.6 Å². The van der Waals surface area contributed by atoms with E-state index in [1.807, 2.05) is 55.5 Å². The van der Waals surface area contributed by atoms with Crippen LogP contribution in [0.2, 0.25) is 0 Å². The normalized spacial score (nSPS) is 10.2. The fraction of sp³-hybridized carbons (Fsp3) is 0.300. The molecule has 2 rings (SSSR count). The number of benzene rings is 2. The van der Waals surface area contributed by atoms with Gasteiger partial charge < -0.3 is 15.5 Å². The summed E-state index contributed by atoms with van der Waals surface area (Å²) in [5.41, 5.74) is 3.56. The van der Waals surface area contributed by atoms with Gasteiger partial charge in [-0.15, -0.1) is 0 Å². The molecule has 0 heterocycles. The summed E-state index contributed by atoms with van der Waals surface area (Å²) in [4.78, 5) is 25.6. The number of carbonyl (C=O) groups is 2. The van der Waals surface area contributed by atoms with Crippen LogP contribution in [-0.4, -0.2) is 23.4 Å². The lowest BCUT2D eigenvalue weighted by atomic mass is 10.1. The van der Waals surface area contributed by atoms with E-state index in [0.29, 0.717) is 18.8 Å². The predicted molar refractivity (Wildman–Crippen MR) is 102 cm³/mol. The quantitative estimate of drug-likeness (QED) is 0.826. The van der Waals surface area contributed by atoms with Gasteiger partial charge in [0.1, 0.15) is 0 Å². The van der Waals surface area contributed by atoms with Gasteiger partial charge in [0, 0.05) is 31.4 Å². The number of nitrogens with zero attached hydrogens (tertiary/aromatic N) is 1. The van der Waals surface area contributed by atoms with Gasteiger partial charge in [-0.25, -0.2) is 4.79 Å². The molecule has 0 saturated heterocycles. The highest BCUT2D eigenvalue weighted by molar-refractivity contribution is 6.00. The van der Waals surface area contributed by atoms with E-state index in [2.05, 4.69) is 17.6 Å². The van der Waals surface area contributed by atoms with E-state index in [4.69, 9.17) is 0 Å². The van der Waals surface area contributed by atoms with Crippen molar-refractivity contribution in [2.45, 2.75) is 33.7 Å². The predicted octanol–water partition coefficient (Wildman–Crippen LogP) is 4.26. The van der Waals surface area contributed by atoms with Crippen LogP contribution in [0, 0.1) is 0 Å². The molecule has 0 atom stereocenters. The average molecular weight is 339 g/mol. The first-order valence-electron chi connectivity index (χ1n) is 8.53. The first-order valence-corrected chi connectivity index (χ1v) is 8.53. The van der Waals surface area contributed by atoms with Gasteiger partial charge in [0.05, 0.1) is 0 Å². The SMILES string of the molecule is CCc1ccc(NC(=O)Nc2ccccc2CN(CC)C(C)=O)cc1.